The van der Waals surface area contributed by atoms with Crippen LogP contribution in [-0.4, -0.2) is 15.3 Å². The number of nitrogens with one attached hydrogen (secondary N) is 2. The van der Waals surface area contributed by atoms with Gasteiger partial charge in [-0.1, -0.05) is 35.5 Å². The molecule has 0 bridgehead atoms. The van der Waals surface area contributed by atoms with Crippen molar-refractivity contribution in [1.29, 1.82) is 0 Å². The third kappa shape index (κ3) is 3.99. The zero-order chi connectivity index (χ0) is 19.5. The zero-order valence-corrected chi connectivity index (χ0v) is 15.8. The molecular weight excluding hydrogens is 375 g/mol. The second kappa shape index (κ2) is 7.74. The molecule has 7 heteroatoms. The van der Waals surface area contributed by atoms with Gasteiger partial charge in [0.2, 0.25) is 11.7 Å². The second-order valence-electron chi connectivity index (χ2n) is 6.35. The van der Waals surface area contributed by atoms with Crippen molar-refractivity contribution >= 4 is 33.8 Å². The fourth-order valence-electron chi connectivity index (χ4n) is 2.82. The molecular formula is C21H17FN4OS. The second-order valence-corrected chi connectivity index (χ2v) is 6.75. The van der Waals surface area contributed by atoms with Crippen molar-refractivity contribution in [3.8, 4) is 11.4 Å². The summed E-state index contributed by atoms with van der Waals surface area (Å²) in [6.45, 7) is 1.87. The van der Waals surface area contributed by atoms with Crippen LogP contribution in [0.15, 0.2) is 71.3 Å². The smallest absolute Gasteiger partial charge is 0.249 e. The molecule has 5 nitrogen and oxygen atoms in total. The summed E-state index contributed by atoms with van der Waals surface area (Å²) in [5.74, 6) is 0.478. The lowest BCUT2D eigenvalue weighted by Crippen LogP contribution is -2.31. The first-order chi connectivity index (χ1) is 13.6. The molecule has 1 aromatic heterocycles. The van der Waals surface area contributed by atoms with Crippen LogP contribution in [0.1, 0.15) is 18.9 Å². The molecule has 0 fully saturated rings. The van der Waals surface area contributed by atoms with Gasteiger partial charge in [0.25, 0.3) is 0 Å². The maximum atomic E-state index is 13.0. The van der Waals surface area contributed by atoms with E-state index in [1.54, 1.807) is 12.1 Å². The van der Waals surface area contributed by atoms with Gasteiger partial charge in [-0.25, -0.2) is 4.39 Å². The van der Waals surface area contributed by atoms with Crippen LogP contribution in [0, 0.1) is 5.82 Å². The highest BCUT2D eigenvalue weighted by atomic mass is 32.1. The van der Waals surface area contributed by atoms with Crippen LogP contribution >= 0.6 is 12.2 Å². The quantitative estimate of drug-likeness (QED) is 0.473. The lowest BCUT2D eigenvalue weighted by Gasteiger charge is -2.14. The molecule has 0 amide bonds. The molecule has 0 spiro atoms. The standard InChI is InChI=1S/C21H17FN4OS/c1-13(20-25-19(26-27-20)15-6-9-17(22)10-7-15)23-21(28)24-18-11-8-14-4-2-3-5-16(14)12-18/h2-13H,1H3,(H2,23,24,28). The first-order valence-corrected chi connectivity index (χ1v) is 9.15. The van der Waals surface area contributed by atoms with Gasteiger partial charge < -0.3 is 15.2 Å². The highest BCUT2D eigenvalue weighted by molar-refractivity contribution is 7.80. The number of nitrogens with zero attached hydrogens (tertiary/aromatic N) is 2. The number of anilines is 1. The molecule has 0 aliphatic rings. The number of aromatic nitrogens is 2. The van der Waals surface area contributed by atoms with E-state index in [1.165, 1.54) is 17.5 Å². The van der Waals surface area contributed by atoms with Crippen molar-refractivity contribution in [3.63, 3.8) is 0 Å². The molecule has 4 rings (SSSR count). The Morgan fingerprint density at radius 2 is 1.79 bits per heavy atom. The van der Waals surface area contributed by atoms with Gasteiger partial charge in [-0.3, -0.25) is 0 Å². The van der Waals surface area contributed by atoms with E-state index in [1.807, 2.05) is 37.3 Å². The molecule has 140 valence electrons. The van der Waals surface area contributed by atoms with Gasteiger partial charge in [0.05, 0.1) is 0 Å². The summed E-state index contributed by atoms with van der Waals surface area (Å²) < 4.78 is 18.4. The molecule has 4 aromatic rings. The number of hydrogen-bond donors (Lipinski definition) is 2. The summed E-state index contributed by atoms with van der Waals surface area (Å²) in [7, 11) is 0. The molecule has 1 heterocycles. The molecule has 0 aliphatic heterocycles. The minimum Gasteiger partial charge on any atom is -0.351 e. The predicted molar refractivity (Wildman–Crippen MR) is 111 cm³/mol. The van der Waals surface area contributed by atoms with E-state index >= 15 is 0 Å². The van der Waals surface area contributed by atoms with Crippen LogP contribution < -0.4 is 10.6 Å². The minimum absolute atomic E-state index is 0.290. The van der Waals surface area contributed by atoms with Crippen molar-refractivity contribution in [3.05, 3.63) is 78.4 Å². The first kappa shape index (κ1) is 18.1. The van der Waals surface area contributed by atoms with Crippen LogP contribution in [0.2, 0.25) is 0 Å². The van der Waals surface area contributed by atoms with Gasteiger partial charge >= 0.3 is 0 Å². The summed E-state index contributed by atoms with van der Waals surface area (Å²) in [5.41, 5.74) is 1.57. The number of hydrogen-bond acceptors (Lipinski definition) is 4. The van der Waals surface area contributed by atoms with Crippen molar-refractivity contribution < 1.29 is 8.91 Å². The molecule has 3 aromatic carbocycles. The van der Waals surface area contributed by atoms with Gasteiger partial charge in [-0.2, -0.15) is 4.98 Å². The minimum atomic E-state index is -0.312. The summed E-state index contributed by atoms with van der Waals surface area (Å²) in [4.78, 5) is 4.36. The van der Waals surface area contributed by atoms with E-state index in [4.69, 9.17) is 16.7 Å². The highest BCUT2D eigenvalue weighted by Gasteiger charge is 2.16. The topological polar surface area (TPSA) is 63.0 Å². The van der Waals surface area contributed by atoms with E-state index < -0.39 is 0 Å². The maximum absolute atomic E-state index is 13.0. The SMILES string of the molecule is CC(NC(=S)Nc1ccc2ccccc2c1)c1nc(-c2ccc(F)cc2)no1. The van der Waals surface area contributed by atoms with Crippen LogP contribution in [0.5, 0.6) is 0 Å². The zero-order valence-electron chi connectivity index (χ0n) is 15.0. The van der Waals surface area contributed by atoms with E-state index in [2.05, 4.69) is 32.9 Å². The normalized spacial score (nSPS) is 11.9. The van der Waals surface area contributed by atoms with E-state index in [-0.39, 0.29) is 11.9 Å². The van der Waals surface area contributed by atoms with Crippen molar-refractivity contribution in [2.75, 3.05) is 5.32 Å². The third-order valence-corrected chi connectivity index (χ3v) is 4.49. The third-order valence-electron chi connectivity index (χ3n) is 4.27. The van der Waals surface area contributed by atoms with Gasteiger partial charge in [-0.15, -0.1) is 0 Å². The van der Waals surface area contributed by atoms with E-state index in [0.29, 0.717) is 22.4 Å². The van der Waals surface area contributed by atoms with Gasteiger partial charge in [0.15, 0.2) is 5.11 Å². The number of halogens is 1. The van der Waals surface area contributed by atoms with Gasteiger partial charge in [0.1, 0.15) is 11.9 Å². The number of benzene rings is 3. The molecule has 2 N–H and O–H groups in total. The number of rotatable bonds is 4. The highest BCUT2D eigenvalue weighted by Crippen LogP contribution is 2.20. The Kier molecular flexibility index (Phi) is 4.99. The Bertz CT molecular complexity index is 1130. The van der Waals surface area contributed by atoms with Crippen LogP contribution in [-0.2, 0) is 0 Å². The predicted octanol–water partition coefficient (Wildman–Crippen LogP) is 5.08. The molecule has 1 unspecified atom stereocenters. The lowest BCUT2D eigenvalue weighted by atomic mass is 10.1. The molecule has 1 atom stereocenters. The molecule has 28 heavy (non-hydrogen) atoms. The molecule has 0 saturated carbocycles. The Hall–Kier alpha value is -3.32. The van der Waals surface area contributed by atoms with E-state index in [9.17, 15) is 4.39 Å². The Morgan fingerprint density at radius 1 is 1.04 bits per heavy atom. The van der Waals surface area contributed by atoms with Crippen LogP contribution in [0.3, 0.4) is 0 Å². The maximum Gasteiger partial charge on any atom is 0.249 e. The summed E-state index contributed by atoms with van der Waals surface area (Å²) in [5, 5.41) is 13.0. The Morgan fingerprint density at radius 3 is 2.57 bits per heavy atom. The van der Waals surface area contributed by atoms with Crippen molar-refractivity contribution in [1.82, 2.24) is 15.5 Å². The Labute approximate surface area is 166 Å². The Balaban J connectivity index is 1.42. The van der Waals surface area contributed by atoms with Crippen molar-refractivity contribution in [2.45, 2.75) is 13.0 Å². The summed E-state index contributed by atoms with van der Waals surface area (Å²) in [6.07, 6.45) is 0. The first-order valence-electron chi connectivity index (χ1n) is 8.74. The van der Waals surface area contributed by atoms with Gasteiger partial charge in [-0.05, 0) is 66.3 Å². The molecule has 0 aliphatic carbocycles. The number of thiocarbonyl (C=S) groups is 1. The monoisotopic (exact) mass is 392 g/mol. The summed E-state index contributed by atoms with van der Waals surface area (Å²) in [6, 6.07) is 19.8. The van der Waals surface area contributed by atoms with Crippen molar-refractivity contribution in [2.24, 2.45) is 0 Å². The lowest BCUT2D eigenvalue weighted by molar-refractivity contribution is 0.354. The average Bonchev–Trinajstić information content (AvgIpc) is 3.19. The number of fused-ring (bicyclic) bond motifs is 1. The molecule has 0 saturated heterocycles. The van der Waals surface area contributed by atoms with E-state index in [0.717, 1.165) is 11.1 Å². The fraction of sp³-hybridized carbons (Fsp3) is 0.0952. The average molecular weight is 392 g/mol. The summed E-state index contributed by atoms with van der Waals surface area (Å²) >= 11 is 5.40. The van der Waals surface area contributed by atoms with Crippen LogP contribution in [0.4, 0.5) is 10.1 Å². The van der Waals surface area contributed by atoms with Crippen LogP contribution in [0.25, 0.3) is 22.2 Å². The molecule has 0 radical (unpaired) electrons. The fourth-order valence-corrected chi connectivity index (χ4v) is 3.11. The van der Waals surface area contributed by atoms with Gasteiger partial charge in [0, 0.05) is 11.3 Å². The largest absolute Gasteiger partial charge is 0.351 e.